The van der Waals surface area contributed by atoms with E-state index < -0.39 is 27.8 Å². The predicted molar refractivity (Wildman–Crippen MR) is 138 cm³/mol. The number of nitrogens with zero attached hydrogens (tertiary/aromatic N) is 3. The minimum Gasteiger partial charge on any atom is -0.485 e. The summed E-state index contributed by atoms with van der Waals surface area (Å²) in [7, 11) is -3.74. The number of nitrogens with one attached hydrogen (secondary N) is 2. The van der Waals surface area contributed by atoms with Crippen molar-refractivity contribution in [2.75, 3.05) is 18.4 Å². The molecule has 1 saturated heterocycles. The van der Waals surface area contributed by atoms with Gasteiger partial charge in [0.15, 0.2) is 6.19 Å². The quantitative estimate of drug-likeness (QED) is 0.236. The molecule has 0 aromatic heterocycles. The van der Waals surface area contributed by atoms with E-state index in [2.05, 4.69) is 15.6 Å². The number of sulfonamides is 1. The van der Waals surface area contributed by atoms with Crippen molar-refractivity contribution < 1.29 is 18.3 Å². The molecular formula is C25H30ClN5O4S. The van der Waals surface area contributed by atoms with Crippen LogP contribution in [0.3, 0.4) is 0 Å². The number of ether oxygens (including phenoxy) is 1. The Bertz CT molecular complexity index is 1290. The lowest BCUT2D eigenvalue weighted by Gasteiger charge is -2.41. The summed E-state index contributed by atoms with van der Waals surface area (Å²) in [6.45, 7) is 6.44. The van der Waals surface area contributed by atoms with Gasteiger partial charge in [-0.25, -0.2) is 13.4 Å². The van der Waals surface area contributed by atoms with Gasteiger partial charge in [0.05, 0.1) is 4.90 Å². The summed E-state index contributed by atoms with van der Waals surface area (Å²) in [5, 5.41) is 26.6. The van der Waals surface area contributed by atoms with E-state index in [4.69, 9.17) is 16.3 Å². The second-order valence-electron chi connectivity index (χ2n) is 9.75. The molecule has 3 unspecified atom stereocenters. The molecule has 2 aromatic rings. The lowest BCUT2D eigenvalue weighted by Crippen LogP contribution is -2.49. The highest BCUT2D eigenvalue weighted by atomic mass is 35.5. The van der Waals surface area contributed by atoms with Crippen LogP contribution < -0.4 is 15.4 Å². The van der Waals surface area contributed by atoms with Crippen LogP contribution in [0.1, 0.15) is 45.2 Å². The summed E-state index contributed by atoms with van der Waals surface area (Å²) >= 11 is 5.96. The number of nitriles is 1. The van der Waals surface area contributed by atoms with Crippen molar-refractivity contribution in [1.82, 2.24) is 9.62 Å². The molecule has 0 radical (unpaired) electrons. The van der Waals surface area contributed by atoms with Crippen molar-refractivity contribution in [3.05, 3.63) is 53.1 Å². The molecule has 36 heavy (non-hydrogen) atoms. The van der Waals surface area contributed by atoms with Crippen LogP contribution in [0.2, 0.25) is 5.02 Å². The number of hydrogen-bond acceptors (Lipinski definition) is 6. The van der Waals surface area contributed by atoms with Crippen molar-refractivity contribution in [2.45, 2.75) is 56.3 Å². The summed E-state index contributed by atoms with van der Waals surface area (Å²) in [6.07, 6.45) is 2.53. The molecule has 3 atom stereocenters. The van der Waals surface area contributed by atoms with Crippen molar-refractivity contribution in [3.63, 3.8) is 0 Å². The Morgan fingerprint density at radius 2 is 2.00 bits per heavy atom. The average Bonchev–Trinajstić information content (AvgIpc) is 2.83. The maximum atomic E-state index is 13.4. The number of halogens is 1. The molecule has 2 aromatic carbocycles. The average molecular weight is 532 g/mol. The fourth-order valence-corrected chi connectivity index (χ4v) is 6.28. The largest absolute Gasteiger partial charge is 0.485 e. The lowest BCUT2D eigenvalue weighted by molar-refractivity contribution is -0.0568. The number of aliphatic hydroxyl groups is 1. The van der Waals surface area contributed by atoms with Crippen LogP contribution >= 0.6 is 11.6 Å². The maximum absolute atomic E-state index is 13.4. The molecule has 192 valence electrons. The van der Waals surface area contributed by atoms with Gasteiger partial charge in [0.2, 0.25) is 16.0 Å². The van der Waals surface area contributed by atoms with E-state index in [9.17, 15) is 18.8 Å². The second kappa shape index (κ2) is 10.3. The number of piperidine rings is 1. The molecule has 0 spiro atoms. The Hall–Kier alpha value is -2.84. The van der Waals surface area contributed by atoms with Crippen molar-refractivity contribution in [3.8, 4) is 11.9 Å². The summed E-state index contributed by atoms with van der Waals surface area (Å²) in [4.78, 5) is 4.73. The van der Waals surface area contributed by atoms with E-state index >= 15 is 0 Å². The first-order chi connectivity index (χ1) is 17.0. The molecule has 2 heterocycles. The Kier molecular flexibility index (Phi) is 7.48. The zero-order chi connectivity index (χ0) is 26.1. The Labute approximate surface area is 216 Å². The van der Waals surface area contributed by atoms with Gasteiger partial charge >= 0.3 is 0 Å². The van der Waals surface area contributed by atoms with E-state index in [0.29, 0.717) is 35.1 Å². The Balaban J connectivity index is 1.75. The van der Waals surface area contributed by atoms with E-state index in [1.165, 1.54) is 16.4 Å². The molecular weight excluding hydrogens is 502 g/mol. The molecule has 0 bridgehead atoms. The van der Waals surface area contributed by atoms with Gasteiger partial charge < -0.3 is 15.2 Å². The zero-order valence-corrected chi connectivity index (χ0v) is 22.0. The maximum Gasteiger partial charge on any atom is 0.243 e. The van der Waals surface area contributed by atoms with Crippen LogP contribution in [-0.2, 0) is 10.0 Å². The first-order valence-corrected chi connectivity index (χ1v) is 13.6. The molecule has 0 saturated carbocycles. The molecule has 3 N–H and O–H groups in total. The first kappa shape index (κ1) is 26.2. The summed E-state index contributed by atoms with van der Waals surface area (Å²) < 4.78 is 34.4. The van der Waals surface area contributed by atoms with Gasteiger partial charge in [-0.05, 0) is 75.1 Å². The summed E-state index contributed by atoms with van der Waals surface area (Å²) in [5.41, 5.74) is 0.0302. The third-order valence-corrected chi connectivity index (χ3v) is 8.60. The zero-order valence-electron chi connectivity index (χ0n) is 20.4. The van der Waals surface area contributed by atoms with Crippen molar-refractivity contribution >= 4 is 33.3 Å². The van der Waals surface area contributed by atoms with Crippen molar-refractivity contribution in [1.29, 1.82) is 5.26 Å². The number of rotatable bonds is 4. The van der Waals surface area contributed by atoms with Gasteiger partial charge in [-0.15, -0.1) is 0 Å². The molecule has 1 fully saturated rings. The van der Waals surface area contributed by atoms with E-state index in [-0.39, 0.29) is 16.8 Å². The number of fused-ring (bicyclic) bond motifs is 1. The number of aliphatic imine (C=N–C) groups is 1. The SMILES string of the molecule is CC1CCCN(S(=O)(=O)c2ccc3c(c2)C(/N=C(/NC#N)Nc2ccc(Cl)cc2)C(O)C(C)(C)O3)C1. The smallest absolute Gasteiger partial charge is 0.243 e. The molecule has 0 amide bonds. The van der Waals surface area contributed by atoms with E-state index in [0.717, 1.165) is 12.8 Å². The summed E-state index contributed by atoms with van der Waals surface area (Å²) in [6, 6.07) is 10.6. The van der Waals surface area contributed by atoms with Gasteiger partial charge in [-0.2, -0.15) is 9.57 Å². The topological polar surface area (TPSA) is 127 Å². The fraction of sp³-hybridized carbons (Fsp3) is 0.440. The van der Waals surface area contributed by atoms with E-state index in [1.807, 2.05) is 13.1 Å². The first-order valence-electron chi connectivity index (χ1n) is 11.8. The fourth-order valence-electron chi connectivity index (χ4n) is 4.52. The molecule has 2 aliphatic rings. The number of guanidine groups is 1. The third-order valence-electron chi connectivity index (χ3n) is 6.49. The standard InChI is InChI=1S/C25H30ClN5O4S/c1-16-5-4-12-31(14-16)36(33,34)19-10-11-21-20(13-19)22(23(32)25(2,3)35-21)30-24(28-15-27)29-18-8-6-17(26)7-9-18/h6-11,13,16,22-23,32H,4-5,12,14H2,1-3H3,(H2,28,29,30). The monoisotopic (exact) mass is 531 g/mol. The minimum atomic E-state index is -3.74. The Morgan fingerprint density at radius 1 is 1.28 bits per heavy atom. The van der Waals surface area contributed by atoms with Crippen LogP contribution in [-0.4, -0.2) is 48.6 Å². The number of benzene rings is 2. The van der Waals surface area contributed by atoms with E-state index in [1.54, 1.807) is 44.2 Å². The molecule has 0 aliphatic carbocycles. The van der Waals surface area contributed by atoms with Gasteiger partial charge in [0.1, 0.15) is 23.5 Å². The highest BCUT2D eigenvalue weighted by Gasteiger charge is 2.44. The van der Waals surface area contributed by atoms with Crippen LogP contribution in [0, 0.1) is 17.4 Å². The number of anilines is 1. The molecule has 4 rings (SSSR count). The highest BCUT2D eigenvalue weighted by molar-refractivity contribution is 7.89. The summed E-state index contributed by atoms with van der Waals surface area (Å²) in [5.74, 6) is 0.798. The Morgan fingerprint density at radius 3 is 2.67 bits per heavy atom. The third kappa shape index (κ3) is 5.44. The lowest BCUT2D eigenvalue weighted by atomic mass is 9.87. The predicted octanol–water partition coefficient (Wildman–Crippen LogP) is 3.87. The minimum absolute atomic E-state index is 0.0886. The van der Waals surface area contributed by atoms with Crippen LogP contribution in [0.4, 0.5) is 5.69 Å². The number of hydrogen-bond donors (Lipinski definition) is 3. The van der Waals surface area contributed by atoms with Gasteiger partial charge in [0.25, 0.3) is 0 Å². The van der Waals surface area contributed by atoms with Gasteiger partial charge in [-0.1, -0.05) is 18.5 Å². The number of aliphatic hydroxyl groups excluding tert-OH is 1. The van der Waals surface area contributed by atoms with Crippen LogP contribution in [0.5, 0.6) is 5.75 Å². The van der Waals surface area contributed by atoms with Crippen LogP contribution in [0.15, 0.2) is 52.4 Å². The van der Waals surface area contributed by atoms with Gasteiger partial charge in [-0.3, -0.25) is 5.32 Å². The van der Waals surface area contributed by atoms with Crippen LogP contribution in [0.25, 0.3) is 0 Å². The second-order valence-corrected chi connectivity index (χ2v) is 12.1. The normalized spacial score (nSPS) is 24.2. The highest BCUT2D eigenvalue weighted by Crippen LogP contribution is 2.43. The van der Waals surface area contributed by atoms with Crippen molar-refractivity contribution in [2.24, 2.45) is 10.9 Å². The molecule has 2 aliphatic heterocycles. The van der Waals surface area contributed by atoms with Gasteiger partial charge in [0, 0.05) is 29.4 Å². The molecule has 9 nitrogen and oxygen atoms in total. The molecule has 11 heteroatoms.